The molecule has 1 N–H and O–H groups in total. The predicted molar refractivity (Wildman–Crippen MR) is 145 cm³/mol. The van der Waals surface area contributed by atoms with Crippen LogP contribution in [0.4, 0.5) is 4.79 Å². The van der Waals surface area contributed by atoms with Gasteiger partial charge in [0.2, 0.25) is 5.91 Å². The summed E-state index contributed by atoms with van der Waals surface area (Å²) in [5.74, 6) is 0.0462. The van der Waals surface area contributed by atoms with Crippen molar-refractivity contribution in [3.63, 3.8) is 0 Å². The van der Waals surface area contributed by atoms with Crippen molar-refractivity contribution in [2.75, 3.05) is 13.1 Å². The van der Waals surface area contributed by atoms with Gasteiger partial charge in [0, 0.05) is 25.6 Å². The van der Waals surface area contributed by atoms with Gasteiger partial charge in [0.15, 0.2) is 0 Å². The number of nitrogens with zero attached hydrogens (tertiary/aromatic N) is 1. The monoisotopic (exact) mass is 507 g/mol. The average Bonchev–Trinajstić information content (AvgIpc) is 2.95. The van der Waals surface area contributed by atoms with Gasteiger partial charge in [-0.15, -0.1) is 0 Å². The third-order valence-corrected chi connectivity index (χ3v) is 7.20. The maximum absolute atomic E-state index is 12.3. The highest BCUT2D eigenvalue weighted by molar-refractivity contribution is 5.83. The number of nitrogens with one attached hydrogen (secondary N) is 1. The van der Waals surface area contributed by atoms with E-state index in [0.29, 0.717) is 32.5 Å². The van der Waals surface area contributed by atoms with E-state index in [-0.39, 0.29) is 24.5 Å². The minimum atomic E-state index is -1.16. The van der Waals surface area contributed by atoms with E-state index in [2.05, 4.69) is 47.8 Å². The summed E-state index contributed by atoms with van der Waals surface area (Å²) >= 11 is 0. The number of carbonyl (C=O) groups is 2. The topological polar surface area (TPSA) is 81.7 Å². The first-order chi connectivity index (χ1) is 18.5. The Labute approximate surface area is 222 Å². The molecule has 1 saturated heterocycles. The number of rotatable bonds is 8. The van der Waals surface area contributed by atoms with E-state index in [1.165, 1.54) is 10.3 Å². The SMILES string of the molecule is O=C(Cc1ccccc1)NCc1ccc(C2CCN(C(=O)[O-])CC2OCc2ccc3ccccc3c2)cc1. The van der Waals surface area contributed by atoms with E-state index in [4.69, 9.17) is 4.74 Å². The number of piperidine rings is 1. The van der Waals surface area contributed by atoms with Crippen molar-refractivity contribution in [1.29, 1.82) is 0 Å². The molecule has 1 fully saturated rings. The lowest BCUT2D eigenvalue weighted by atomic mass is 9.86. The number of fused-ring (bicyclic) bond motifs is 1. The van der Waals surface area contributed by atoms with Crippen LogP contribution in [0.5, 0.6) is 0 Å². The molecule has 0 saturated carbocycles. The molecule has 38 heavy (non-hydrogen) atoms. The second-order valence-electron chi connectivity index (χ2n) is 9.82. The van der Waals surface area contributed by atoms with Crippen molar-refractivity contribution in [2.24, 2.45) is 0 Å². The van der Waals surface area contributed by atoms with Gasteiger partial charge in [-0.25, -0.2) is 0 Å². The Balaban J connectivity index is 1.22. The zero-order chi connectivity index (χ0) is 26.3. The largest absolute Gasteiger partial charge is 0.530 e. The van der Waals surface area contributed by atoms with E-state index in [1.807, 2.05) is 54.6 Å². The standard InChI is InChI=1S/C32H32N2O4/c35-31(19-23-6-2-1-3-7-23)33-20-24-10-14-27(15-11-24)29-16-17-34(32(36)37)21-30(29)38-22-25-12-13-26-8-4-5-9-28(26)18-25/h1-15,18,29-30H,16-17,19-22H2,(H,33,35)(H,36,37)/p-1. The molecule has 4 aromatic carbocycles. The summed E-state index contributed by atoms with van der Waals surface area (Å²) < 4.78 is 6.34. The van der Waals surface area contributed by atoms with Crippen LogP contribution in [0.1, 0.15) is 34.6 Å². The van der Waals surface area contributed by atoms with Crippen molar-refractivity contribution in [3.8, 4) is 0 Å². The molecular formula is C32H31N2O4-. The fraction of sp³-hybridized carbons (Fsp3) is 0.250. The molecule has 2 atom stereocenters. The molecule has 0 aromatic heterocycles. The molecule has 1 aliphatic heterocycles. The van der Waals surface area contributed by atoms with E-state index in [0.717, 1.165) is 27.6 Å². The molecule has 5 rings (SSSR count). The summed E-state index contributed by atoms with van der Waals surface area (Å²) in [4.78, 5) is 25.2. The zero-order valence-electron chi connectivity index (χ0n) is 21.2. The van der Waals surface area contributed by atoms with Crippen LogP contribution in [0.3, 0.4) is 0 Å². The second-order valence-corrected chi connectivity index (χ2v) is 9.82. The molecule has 0 radical (unpaired) electrons. The highest BCUT2D eigenvalue weighted by Gasteiger charge is 2.31. The van der Waals surface area contributed by atoms with Crippen LogP contribution < -0.4 is 10.4 Å². The van der Waals surface area contributed by atoms with Gasteiger partial charge < -0.3 is 24.9 Å². The highest BCUT2D eigenvalue weighted by Crippen LogP contribution is 2.31. The molecule has 194 valence electrons. The van der Waals surface area contributed by atoms with Crippen molar-refractivity contribution in [1.82, 2.24) is 10.2 Å². The minimum absolute atomic E-state index is 0.0166. The molecule has 0 spiro atoms. The maximum Gasteiger partial charge on any atom is 0.224 e. The van der Waals surface area contributed by atoms with Crippen molar-refractivity contribution in [2.45, 2.75) is 38.0 Å². The summed E-state index contributed by atoms with van der Waals surface area (Å²) in [7, 11) is 0. The number of hydrogen-bond donors (Lipinski definition) is 1. The summed E-state index contributed by atoms with van der Waals surface area (Å²) in [6, 6.07) is 32.3. The highest BCUT2D eigenvalue weighted by atomic mass is 16.5. The lowest BCUT2D eigenvalue weighted by Crippen LogP contribution is -2.51. The first-order valence-electron chi connectivity index (χ1n) is 13.0. The van der Waals surface area contributed by atoms with E-state index in [1.54, 1.807) is 0 Å². The number of hydrogen-bond acceptors (Lipinski definition) is 4. The molecule has 6 nitrogen and oxygen atoms in total. The Hall–Kier alpha value is -4.16. The van der Waals surface area contributed by atoms with E-state index in [9.17, 15) is 14.7 Å². The van der Waals surface area contributed by atoms with Crippen LogP contribution in [0.2, 0.25) is 0 Å². The predicted octanol–water partition coefficient (Wildman–Crippen LogP) is 4.42. The number of amides is 2. The maximum atomic E-state index is 12.3. The molecule has 2 unspecified atom stereocenters. The Bertz CT molecular complexity index is 1390. The van der Waals surface area contributed by atoms with Crippen LogP contribution >= 0.6 is 0 Å². The van der Waals surface area contributed by atoms with Crippen LogP contribution in [0, 0.1) is 0 Å². The lowest BCUT2D eigenvalue weighted by Gasteiger charge is -2.40. The van der Waals surface area contributed by atoms with Gasteiger partial charge >= 0.3 is 0 Å². The number of benzene rings is 4. The van der Waals surface area contributed by atoms with Crippen molar-refractivity contribution >= 4 is 22.8 Å². The van der Waals surface area contributed by atoms with Crippen LogP contribution in [-0.4, -0.2) is 36.1 Å². The molecule has 0 aliphatic carbocycles. The normalized spacial score (nSPS) is 17.3. The van der Waals surface area contributed by atoms with Gasteiger partial charge in [0.1, 0.15) is 6.09 Å². The molecule has 6 heteroatoms. The van der Waals surface area contributed by atoms with Gasteiger partial charge in [-0.05, 0) is 45.5 Å². The van der Waals surface area contributed by atoms with Gasteiger partial charge in [0.25, 0.3) is 0 Å². The number of ether oxygens (including phenoxy) is 1. The average molecular weight is 508 g/mol. The van der Waals surface area contributed by atoms with Gasteiger partial charge in [-0.1, -0.05) is 91.0 Å². The number of carboxylic acid groups (broad SMARTS) is 1. The first kappa shape index (κ1) is 25.5. The molecule has 1 heterocycles. The molecule has 1 aliphatic rings. The first-order valence-corrected chi connectivity index (χ1v) is 13.0. The van der Waals surface area contributed by atoms with Crippen LogP contribution in [0.25, 0.3) is 10.8 Å². The summed E-state index contributed by atoms with van der Waals surface area (Å²) in [5.41, 5.74) is 4.15. The third-order valence-electron chi connectivity index (χ3n) is 7.20. The lowest BCUT2D eigenvalue weighted by molar-refractivity contribution is -0.268. The Morgan fingerprint density at radius 3 is 2.32 bits per heavy atom. The smallest absolute Gasteiger partial charge is 0.224 e. The molecule has 2 amide bonds. The van der Waals surface area contributed by atoms with E-state index >= 15 is 0 Å². The zero-order valence-corrected chi connectivity index (χ0v) is 21.2. The summed E-state index contributed by atoms with van der Waals surface area (Å²) in [5, 5.41) is 16.9. The third kappa shape index (κ3) is 6.39. The fourth-order valence-electron chi connectivity index (χ4n) is 5.09. The fourth-order valence-corrected chi connectivity index (χ4v) is 5.09. The van der Waals surface area contributed by atoms with Crippen LogP contribution in [-0.2, 0) is 29.1 Å². The molecule has 0 bridgehead atoms. The van der Waals surface area contributed by atoms with E-state index < -0.39 is 6.09 Å². The quantitative estimate of drug-likeness (QED) is 0.383. The number of likely N-dealkylation sites (tertiary alicyclic amines) is 1. The van der Waals surface area contributed by atoms with Gasteiger partial charge in [-0.3, -0.25) is 4.79 Å². The Morgan fingerprint density at radius 2 is 1.55 bits per heavy atom. The minimum Gasteiger partial charge on any atom is -0.530 e. The molecular weight excluding hydrogens is 476 g/mol. The van der Waals surface area contributed by atoms with Gasteiger partial charge in [-0.2, -0.15) is 0 Å². The second kappa shape index (κ2) is 11.9. The summed E-state index contributed by atoms with van der Waals surface area (Å²) in [6.45, 7) is 1.55. The van der Waals surface area contributed by atoms with Crippen molar-refractivity contribution in [3.05, 3.63) is 119 Å². The summed E-state index contributed by atoms with van der Waals surface area (Å²) in [6.07, 6.45) is -0.440. The Kier molecular flexibility index (Phi) is 8.00. The van der Waals surface area contributed by atoms with Gasteiger partial charge in [0.05, 0.1) is 19.1 Å². The number of carbonyl (C=O) groups excluding carboxylic acids is 2. The Morgan fingerprint density at radius 1 is 0.842 bits per heavy atom. The molecule has 4 aromatic rings. The van der Waals surface area contributed by atoms with Crippen molar-refractivity contribution < 1.29 is 19.4 Å². The van der Waals surface area contributed by atoms with Crippen LogP contribution in [0.15, 0.2) is 97.1 Å².